The smallest absolute Gasteiger partial charge is 0.139 e. The number of dihydropyridines is 1. The highest BCUT2D eigenvalue weighted by atomic mass is 35.5. The zero-order chi connectivity index (χ0) is 24.4. The van der Waals surface area contributed by atoms with Gasteiger partial charge in [-0.05, 0) is 60.9 Å². The third kappa shape index (κ3) is 5.44. The molecule has 34 heavy (non-hydrogen) atoms. The van der Waals surface area contributed by atoms with E-state index in [1.165, 1.54) is 24.8 Å². The van der Waals surface area contributed by atoms with Crippen LogP contribution in [0.1, 0.15) is 62.4 Å². The summed E-state index contributed by atoms with van der Waals surface area (Å²) in [6.07, 6.45) is 8.94. The second-order valence-electron chi connectivity index (χ2n) is 9.67. The lowest BCUT2D eigenvalue weighted by Crippen LogP contribution is -2.20. The molecule has 1 aromatic heterocycles. The lowest BCUT2D eigenvalue weighted by Gasteiger charge is -2.24. The fourth-order valence-corrected chi connectivity index (χ4v) is 4.35. The van der Waals surface area contributed by atoms with Crippen molar-refractivity contribution in [2.24, 2.45) is 11.8 Å². The number of aromatic nitrogens is 1. The maximum atomic E-state index is 15.7. The molecule has 0 saturated heterocycles. The normalized spacial score (nSPS) is 15.9. The fraction of sp³-hybridized carbons (Fsp3) is 0.345. The summed E-state index contributed by atoms with van der Waals surface area (Å²) in [5.74, 6) is 0.816. The van der Waals surface area contributed by atoms with E-state index in [0.717, 1.165) is 34.9 Å². The second-order valence-corrected chi connectivity index (χ2v) is 10.1. The molecular formula is C29H33ClFN3. The van der Waals surface area contributed by atoms with Crippen molar-refractivity contribution in [2.45, 2.75) is 53.0 Å². The van der Waals surface area contributed by atoms with E-state index in [9.17, 15) is 0 Å². The van der Waals surface area contributed by atoms with Crippen LogP contribution < -0.4 is 10.6 Å². The number of halogens is 2. The Kier molecular flexibility index (Phi) is 7.27. The van der Waals surface area contributed by atoms with E-state index >= 15 is 4.39 Å². The molecule has 0 radical (unpaired) electrons. The molecule has 0 spiro atoms. The summed E-state index contributed by atoms with van der Waals surface area (Å²) in [5.41, 5.74) is 6.93. The third-order valence-electron chi connectivity index (χ3n) is 6.65. The van der Waals surface area contributed by atoms with Crippen LogP contribution in [-0.2, 0) is 13.0 Å². The van der Waals surface area contributed by atoms with E-state index in [4.69, 9.17) is 16.6 Å². The average Bonchev–Trinajstić information content (AvgIpc) is 3.64. The van der Waals surface area contributed by atoms with Gasteiger partial charge in [-0.1, -0.05) is 63.6 Å². The van der Waals surface area contributed by atoms with E-state index < -0.39 is 0 Å². The molecule has 0 amide bonds. The molecule has 2 heterocycles. The second kappa shape index (κ2) is 10.2. The lowest BCUT2D eigenvalue weighted by molar-refractivity contribution is 0.585. The molecule has 0 bridgehead atoms. The molecular weight excluding hydrogens is 445 g/mol. The molecule has 2 aliphatic rings. The zero-order valence-corrected chi connectivity index (χ0v) is 21.0. The Hall–Kier alpha value is -2.85. The van der Waals surface area contributed by atoms with Crippen molar-refractivity contribution >= 4 is 22.9 Å². The van der Waals surface area contributed by atoms with Gasteiger partial charge in [-0.15, -0.1) is 0 Å². The molecule has 2 aromatic rings. The summed E-state index contributed by atoms with van der Waals surface area (Å²) in [4.78, 5) is 4.72. The van der Waals surface area contributed by atoms with E-state index in [-0.39, 0.29) is 11.7 Å². The topological polar surface area (TPSA) is 37.0 Å². The van der Waals surface area contributed by atoms with Gasteiger partial charge < -0.3 is 10.6 Å². The van der Waals surface area contributed by atoms with Crippen LogP contribution >= 0.6 is 11.6 Å². The van der Waals surface area contributed by atoms with Gasteiger partial charge in [-0.2, -0.15) is 0 Å². The highest BCUT2D eigenvalue weighted by molar-refractivity contribution is 6.32. The largest absolute Gasteiger partial charge is 0.384 e. The van der Waals surface area contributed by atoms with Crippen LogP contribution in [0.2, 0.25) is 5.02 Å². The number of nitrogens with zero attached hydrogens (tertiary/aromatic N) is 1. The van der Waals surface area contributed by atoms with Crippen molar-refractivity contribution in [1.29, 1.82) is 0 Å². The summed E-state index contributed by atoms with van der Waals surface area (Å²) in [6, 6.07) is 7.65. The van der Waals surface area contributed by atoms with Gasteiger partial charge in [0.15, 0.2) is 0 Å². The minimum absolute atomic E-state index is 0.267. The molecule has 4 rings (SSSR count). The number of aryl methyl sites for hydroxylation is 1. The summed E-state index contributed by atoms with van der Waals surface area (Å²) >= 11 is 6.52. The first-order valence-corrected chi connectivity index (χ1v) is 12.4. The van der Waals surface area contributed by atoms with Crippen molar-refractivity contribution in [3.8, 4) is 0 Å². The van der Waals surface area contributed by atoms with E-state index in [1.54, 1.807) is 12.1 Å². The van der Waals surface area contributed by atoms with Crippen LogP contribution in [0.15, 0.2) is 66.7 Å². The number of hydrogen-bond acceptors (Lipinski definition) is 3. The van der Waals surface area contributed by atoms with Gasteiger partial charge in [0, 0.05) is 35.3 Å². The molecule has 1 saturated carbocycles. The molecule has 5 heteroatoms. The Morgan fingerprint density at radius 1 is 1.26 bits per heavy atom. The zero-order valence-electron chi connectivity index (χ0n) is 20.3. The number of rotatable bonds is 9. The van der Waals surface area contributed by atoms with E-state index in [0.29, 0.717) is 34.1 Å². The number of benzene rings is 1. The maximum Gasteiger partial charge on any atom is 0.139 e. The Morgan fingerprint density at radius 3 is 2.68 bits per heavy atom. The number of allylic oxidation sites excluding steroid dienone is 4. The highest BCUT2D eigenvalue weighted by Crippen LogP contribution is 2.37. The van der Waals surface area contributed by atoms with Gasteiger partial charge in [0.2, 0.25) is 0 Å². The van der Waals surface area contributed by atoms with Crippen molar-refractivity contribution in [3.05, 3.63) is 99.9 Å². The molecule has 178 valence electrons. The van der Waals surface area contributed by atoms with Gasteiger partial charge in [-0.3, -0.25) is 4.98 Å². The Labute approximate surface area is 207 Å². The van der Waals surface area contributed by atoms with Gasteiger partial charge in [0.1, 0.15) is 5.82 Å². The predicted octanol–water partition coefficient (Wildman–Crippen LogP) is 7.41. The number of hydrogen-bond donors (Lipinski definition) is 2. The van der Waals surface area contributed by atoms with Gasteiger partial charge in [0.25, 0.3) is 0 Å². The summed E-state index contributed by atoms with van der Waals surface area (Å²) in [7, 11) is 0. The van der Waals surface area contributed by atoms with Crippen molar-refractivity contribution in [1.82, 2.24) is 15.6 Å². The summed E-state index contributed by atoms with van der Waals surface area (Å²) < 4.78 is 15.7. The molecule has 1 aliphatic carbocycles. The van der Waals surface area contributed by atoms with E-state index in [2.05, 4.69) is 29.9 Å². The quantitative estimate of drug-likeness (QED) is 0.395. The average molecular weight is 478 g/mol. The standard InChI is InChI=1S/C29H33ClFN3/c1-17(2)20(5)32-16-23-11-12-25(30)27(28(23)31)29-19(4)24(14-18(3)34-29)26-13-10-22(15-33-26)9-8-21-6-7-21/h10-15,17,21,32,34H,3,5-9,16H2,1-2,4H3. The van der Waals surface area contributed by atoms with Crippen LogP contribution in [-0.4, -0.2) is 4.98 Å². The third-order valence-corrected chi connectivity index (χ3v) is 6.96. The van der Waals surface area contributed by atoms with Crippen molar-refractivity contribution in [2.75, 3.05) is 0 Å². The van der Waals surface area contributed by atoms with E-state index in [1.807, 2.05) is 39.1 Å². The molecule has 3 nitrogen and oxygen atoms in total. The Bertz CT molecular complexity index is 1170. The molecule has 1 aliphatic heterocycles. The monoisotopic (exact) mass is 477 g/mol. The van der Waals surface area contributed by atoms with Crippen molar-refractivity contribution < 1.29 is 4.39 Å². The van der Waals surface area contributed by atoms with Gasteiger partial charge >= 0.3 is 0 Å². The molecule has 1 aromatic carbocycles. The summed E-state index contributed by atoms with van der Waals surface area (Å²) in [6.45, 7) is 14.5. The minimum Gasteiger partial charge on any atom is -0.384 e. The first-order valence-electron chi connectivity index (χ1n) is 12.0. The Balaban J connectivity index is 1.63. The van der Waals surface area contributed by atoms with Crippen LogP contribution in [0.5, 0.6) is 0 Å². The van der Waals surface area contributed by atoms with Crippen molar-refractivity contribution in [3.63, 3.8) is 0 Å². The fourth-order valence-electron chi connectivity index (χ4n) is 4.11. The highest BCUT2D eigenvalue weighted by Gasteiger charge is 2.24. The molecule has 1 fully saturated rings. The van der Waals surface area contributed by atoms with Gasteiger partial charge in [-0.25, -0.2) is 4.39 Å². The molecule has 0 atom stereocenters. The van der Waals surface area contributed by atoms with Gasteiger partial charge in [0.05, 0.1) is 22.0 Å². The number of pyridine rings is 1. The van der Waals surface area contributed by atoms with Crippen LogP contribution in [0, 0.1) is 17.7 Å². The molecule has 0 unspecified atom stereocenters. The number of nitrogens with one attached hydrogen (secondary N) is 2. The maximum absolute atomic E-state index is 15.7. The Morgan fingerprint density at radius 2 is 2.03 bits per heavy atom. The summed E-state index contributed by atoms with van der Waals surface area (Å²) in [5, 5.41) is 6.81. The lowest BCUT2D eigenvalue weighted by atomic mass is 9.92. The first kappa shape index (κ1) is 24.3. The first-order chi connectivity index (χ1) is 16.2. The van der Waals surface area contributed by atoms with Crippen LogP contribution in [0.4, 0.5) is 4.39 Å². The molecule has 2 N–H and O–H groups in total. The SMILES string of the molecule is C=C1C=C(c2ccc(CCC3CC3)cn2)C(C)=C(c2c(Cl)ccc(CNC(=C)C(C)C)c2F)N1. The predicted molar refractivity (Wildman–Crippen MR) is 140 cm³/mol. The van der Waals surface area contributed by atoms with Crippen LogP contribution in [0.3, 0.4) is 0 Å². The minimum atomic E-state index is -0.351. The van der Waals surface area contributed by atoms with Crippen LogP contribution in [0.25, 0.3) is 11.3 Å².